The normalized spacial score (nSPS) is 10.3. The number of ether oxygens (including phenoxy) is 1. The minimum atomic E-state index is -0.583. The summed E-state index contributed by atoms with van der Waals surface area (Å²) < 4.78 is 10.0. The molecule has 0 atom stereocenters. The van der Waals surface area contributed by atoms with Gasteiger partial charge >= 0.3 is 5.97 Å². The lowest BCUT2D eigenvalue weighted by Gasteiger charge is -2.07. The van der Waals surface area contributed by atoms with Crippen LogP contribution in [0.4, 0.5) is 5.69 Å². The van der Waals surface area contributed by atoms with Gasteiger partial charge in [0.05, 0.1) is 6.26 Å². The number of amides is 1. The summed E-state index contributed by atoms with van der Waals surface area (Å²) in [5.41, 5.74) is 3.12. The van der Waals surface area contributed by atoms with Crippen LogP contribution in [0.15, 0.2) is 71.3 Å². The molecule has 0 spiro atoms. The number of carbonyl (C=O) groups is 2. The van der Waals surface area contributed by atoms with Gasteiger partial charge in [0.25, 0.3) is 5.91 Å². The van der Waals surface area contributed by atoms with Crippen LogP contribution in [-0.2, 0) is 9.53 Å². The predicted octanol–water partition coefficient (Wildman–Crippen LogP) is 4.05. The number of aryl methyl sites for hydroxylation is 1. The fraction of sp³-hybridized carbons (Fsp3) is 0.100. The van der Waals surface area contributed by atoms with Gasteiger partial charge in [-0.15, -0.1) is 0 Å². The van der Waals surface area contributed by atoms with E-state index in [1.54, 1.807) is 6.92 Å². The van der Waals surface area contributed by atoms with Crippen molar-refractivity contribution in [1.82, 2.24) is 0 Å². The van der Waals surface area contributed by atoms with Gasteiger partial charge in [0.15, 0.2) is 6.61 Å². The van der Waals surface area contributed by atoms with Crippen LogP contribution < -0.4 is 5.32 Å². The summed E-state index contributed by atoms with van der Waals surface area (Å²) in [5, 5.41) is 2.70. The zero-order chi connectivity index (χ0) is 17.6. The highest BCUT2D eigenvalue weighted by atomic mass is 16.5. The topological polar surface area (TPSA) is 68.5 Å². The number of hydrogen-bond donors (Lipinski definition) is 1. The van der Waals surface area contributed by atoms with E-state index < -0.39 is 11.9 Å². The molecule has 0 aliphatic heterocycles. The zero-order valence-electron chi connectivity index (χ0n) is 13.7. The van der Waals surface area contributed by atoms with E-state index in [0.717, 1.165) is 11.1 Å². The monoisotopic (exact) mass is 335 g/mol. The Morgan fingerprint density at radius 3 is 2.28 bits per heavy atom. The Balaban J connectivity index is 1.54. The molecule has 0 aliphatic carbocycles. The van der Waals surface area contributed by atoms with Crippen molar-refractivity contribution in [1.29, 1.82) is 0 Å². The molecule has 2 aromatic carbocycles. The maximum Gasteiger partial charge on any atom is 0.342 e. The van der Waals surface area contributed by atoms with E-state index in [0.29, 0.717) is 17.0 Å². The first-order chi connectivity index (χ1) is 12.1. The molecule has 0 aliphatic rings. The Labute approximate surface area is 145 Å². The van der Waals surface area contributed by atoms with Crippen LogP contribution in [-0.4, -0.2) is 18.5 Å². The van der Waals surface area contributed by atoms with Crippen molar-refractivity contribution in [3.63, 3.8) is 0 Å². The SMILES string of the molecule is Cc1occc1C(=O)OCC(=O)Nc1ccc(-c2ccccc2)cc1. The lowest BCUT2D eigenvalue weighted by molar-refractivity contribution is -0.119. The summed E-state index contributed by atoms with van der Waals surface area (Å²) in [7, 11) is 0. The van der Waals surface area contributed by atoms with Crippen molar-refractivity contribution >= 4 is 17.6 Å². The molecule has 1 N–H and O–H groups in total. The molecule has 0 bridgehead atoms. The third-order valence-electron chi connectivity index (χ3n) is 3.69. The lowest BCUT2D eigenvalue weighted by atomic mass is 10.1. The molecular formula is C20H17NO4. The number of benzene rings is 2. The average Bonchev–Trinajstić information content (AvgIpc) is 3.07. The van der Waals surface area contributed by atoms with Crippen LogP contribution >= 0.6 is 0 Å². The van der Waals surface area contributed by atoms with E-state index in [2.05, 4.69) is 5.32 Å². The van der Waals surface area contributed by atoms with Gasteiger partial charge in [-0.1, -0.05) is 42.5 Å². The van der Waals surface area contributed by atoms with Crippen LogP contribution in [0, 0.1) is 6.92 Å². The van der Waals surface area contributed by atoms with Gasteiger partial charge in [0.2, 0.25) is 0 Å². The summed E-state index contributed by atoms with van der Waals surface area (Å²) >= 11 is 0. The van der Waals surface area contributed by atoms with Gasteiger partial charge in [-0.25, -0.2) is 4.79 Å². The highest BCUT2D eigenvalue weighted by molar-refractivity contribution is 5.96. The van der Waals surface area contributed by atoms with E-state index in [1.807, 2.05) is 54.6 Å². The van der Waals surface area contributed by atoms with Crippen molar-refractivity contribution in [2.45, 2.75) is 6.92 Å². The fourth-order valence-electron chi connectivity index (χ4n) is 2.38. The van der Waals surface area contributed by atoms with Gasteiger partial charge in [-0.3, -0.25) is 4.79 Å². The van der Waals surface area contributed by atoms with Crippen LogP contribution in [0.5, 0.6) is 0 Å². The Hall–Kier alpha value is -3.34. The van der Waals surface area contributed by atoms with Gasteiger partial charge in [-0.05, 0) is 36.2 Å². The molecule has 1 aromatic heterocycles. The first-order valence-corrected chi connectivity index (χ1v) is 7.80. The van der Waals surface area contributed by atoms with Crippen molar-refractivity contribution in [3.8, 4) is 11.1 Å². The third kappa shape index (κ3) is 4.14. The number of carbonyl (C=O) groups excluding carboxylic acids is 2. The van der Waals surface area contributed by atoms with Crippen molar-refractivity contribution in [2.24, 2.45) is 0 Å². The van der Waals surface area contributed by atoms with Crippen molar-refractivity contribution in [2.75, 3.05) is 11.9 Å². The molecule has 3 rings (SSSR count). The second-order valence-corrected chi connectivity index (χ2v) is 5.46. The highest BCUT2D eigenvalue weighted by Crippen LogP contribution is 2.21. The van der Waals surface area contributed by atoms with E-state index in [9.17, 15) is 9.59 Å². The van der Waals surface area contributed by atoms with Gasteiger partial charge in [0.1, 0.15) is 11.3 Å². The van der Waals surface area contributed by atoms with Crippen LogP contribution in [0.2, 0.25) is 0 Å². The Kier molecular flexibility index (Phi) is 4.95. The van der Waals surface area contributed by atoms with Crippen LogP contribution in [0.25, 0.3) is 11.1 Å². The molecule has 0 saturated carbocycles. The first kappa shape index (κ1) is 16.5. The quantitative estimate of drug-likeness (QED) is 0.714. The molecule has 1 amide bonds. The number of furan rings is 1. The van der Waals surface area contributed by atoms with E-state index in [4.69, 9.17) is 9.15 Å². The largest absolute Gasteiger partial charge is 0.469 e. The summed E-state index contributed by atoms with van der Waals surface area (Å²) in [6.45, 7) is 1.30. The number of hydrogen-bond acceptors (Lipinski definition) is 4. The molecule has 0 radical (unpaired) electrons. The van der Waals surface area contributed by atoms with Crippen LogP contribution in [0.1, 0.15) is 16.1 Å². The molecule has 3 aromatic rings. The molecule has 0 unspecified atom stereocenters. The van der Waals surface area contributed by atoms with Crippen LogP contribution in [0.3, 0.4) is 0 Å². The van der Waals surface area contributed by atoms with Crippen molar-refractivity contribution < 1.29 is 18.7 Å². The summed E-state index contributed by atoms with van der Waals surface area (Å²) in [6, 6.07) is 18.9. The molecule has 5 heteroatoms. The minimum Gasteiger partial charge on any atom is -0.469 e. The predicted molar refractivity (Wildman–Crippen MR) is 94.2 cm³/mol. The van der Waals surface area contributed by atoms with E-state index in [1.165, 1.54) is 12.3 Å². The van der Waals surface area contributed by atoms with Gasteiger partial charge in [0, 0.05) is 5.69 Å². The van der Waals surface area contributed by atoms with Gasteiger partial charge in [-0.2, -0.15) is 0 Å². The second kappa shape index (κ2) is 7.49. The van der Waals surface area contributed by atoms with E-state index >= 15 is 0 Å². The minimum absolute atomic E-state index is 0.319. The number of anilines is 1. The van der Waals surface area contributed by atoms with Gasteiger partial charge < -0.3 is 14.5 Å². The molecule has 1 heterocycles. The Morgan fingerprint density at radius 2 is 1.64 bits per heavy atom. The fourth-order valence-corrected chi connectivity index (χ4v) is 2.38. The molecule has 0 fully saturated rings. The number of esters is 1. The average molecular weight is 335 g/mol. The lowest BCUT2D eigenvalue weighted by Crippen LogP contribution is -2.21. The Morgan fingerprint density at radius 1 is 0.960 bits per heavy atom. The zero-order valence-corrected chi connectivity index (χ0v) is 13.7. The summed E-state index contributed by atoms with van der Waals surface area (Å²) in [4.78, 5) is 23.7. The highest BCUT2D eigenvalue weighted by Gasteiger charge is 2.14. The molecule has 25 heavy (non-hydrogen) atoms. The molecular weight excluding hydrogens is 318 g/mol. The smallest absolute Gasteiger partial charge is 0.342 e. The summed E-state index contributed by atoms with van der Waals surface area (Å²) in [5.74, 6) is -0.523. The third-order valence-corrected chi connectivity index (χ3v) is 3.69. The molecule has 126 valence electrons. The molecule has 0 saturated heterocycles. The molecule has 5 nitrogen and oxygen atoms in total. The first-order valence-electron chi connectivity index (χ1n) is 7.80. The maximum absolute atomic E-state index is 11.9. The second-order valence-electron chi connectivity index (χ2n) is 5.46. The summed E-state index contributed by atoms with van der Waals surface area (Å²) in [6.07, 6.45) is 1.40. The standard InChI is InChI=1S/C20H17NO4/c1-14-18(11-12-24-14)20(23)25-13-19(22)21-17-9-7-16(8-10-17)15-5-3-2-4-6-15/h2-12H,13H2,1H3,(H,21,22). The van der Waals surface area contributed by atoms with Crippen molar-refractivity contribution in [3.05, 3.63) is 78.3 Å². The Bertz CT molecular complexity index is 866. The number of nitrogens with one attached hydrogen (secondary N) is 1. The maximum atomic E-state index is 11.9. The number of rotatable bonds is 5. The van der Waals surface area contributed by atoms with E-state index in [-0.39, 0.29) is 6.61 Å².